The summed E-state index contributed by atoms with van der Waals surface area (Å²) in [5, 5.41) is 3.29. The number of thioether (sulfide) groups is 1. The molecule has 3 heteroatoms. The van der Waals surface area contributed by atoms with Crippen LogP contribution in [0.5, 0.6) is 0 Å². The van der Waals surface area contributed by atoms with Gasteiger partial charge in [0.25, 0.3) is 0 Å². The highest BCUT2D eigenvalue weighted by Crippen LogP contribution is 2.28. The van der Waals surface area contributed by atoms with Gasteiger partial charge in [-0.25, -0.2) is 4.39 Å². The van der Waals surface area contributed by atoms with Crippen molar-refractivity contribution < 1.29 is 4.39 Å². The summed E-state index contributed by atoms with van der Waals surface area (Å²) in [5.74, 6) is 0.706. The Bertz CT molecular complexity index is 583. The van der Waals surface area contributed by atoms with E-state index >= 15 is 0 Å². The Morgan fingerprint density at radius 2 is 1.85 bits per heavy atom. The fourth-order valence-corrected chi connectivity index (χ4v) is 3.37. The normalized spacial score (nSPS) is 12.4. The predicted molar refractivity (Wildman–Crippen MR) is 84.8 cm³/mol. The molecule has 2 aromatic rings. The minimum absolute atomic E-state index is 0.148. The quantitative estimate of drug-likeness (QED) is 0.814. The van der Waals surface area contributed by atoms with E-state index in [1.165, 1.54) is 16.5 Å². The van der Waals surface area contributed by atoms with Crippen LogP contribution in [0.25, 0.3) is 0 Å². The van der Waals surface area contributed by atoms with Crippen LogP contribution in [0.1, 0.15) is 22.7 Å². The average Bonchev–Trinajstić information content (AvgIpc) is 2.45. The first kappa shape index (κ1) is 15.1. The van der Waals surface area contributed by atoms with Crippen LogP contribution in [0, 0.1) is 19.7 Å². The molecule has 0 saturated heterocycles. The lowest BCUT2D eigenvalue weighted by molar-refractivity contribution is 0.609. The van der Waals surface area contributed by atoms with Crippen LogP contribution in [-0.4, -0.2) is 12.8 Å². The van der Waals surface area contributed by atoms with Crippen molar-refractivity contribution in [2.75, 3.05) is 12.8 Å². The lowest BCUT2D eigenvalue weighted by atomic mass is 10.0. The van der Waals surface area contributed by atoms with Gasteiger partial charge >= 0.3 is 0 Å². The first-order valence-corrected chi connectivity index (χ1v) is 7.72. The van der Waals surface area contributed by atoms with Gasteiger partial charge in [-0.3, -0.25) is 0 Å². The van der Waals surface area contributed by atoms with Gasteiger partial charge in [0.2, 0.25) is 0 Å². The maximum Gasteiger partial charge on any atom is 0.123 e. The summed E-state index contributed by atoms with van der Waals surface area (Å²) < 4.78 is 13.4. The zero-order chi connectivity index (χ0) is 14.5. The van der Waals surface area contributed by atoms with E-state index in [9.17, 15) is 4.39 Å². The molecule has 0 radical (unpaired) electrons. The molecule has 0 fully saturated rings. The Hall–Kier alpha value is -1.32. The summed E-state index contributed by atoms with van der Waals surface area (Å²) in [6, 6.07) is 13.5. The van der Waals surface area contributed by atoms with Crippen molar-refractivity contribution in [1.82, 2.24) is 5.32 Å². The molecule has 2 rings (SSSR count). The smallest absolute Gasteiger partial charge is 0.123 e. The maximum atomic E-state index is 13.4. The second kappa shape index (κ2) is 6.91. The van der Waals surface area contributed by atoms with E-state index in [0.29, 0.717) is 0 Å². The van der Waals surface area contributed by atoms with Gasteiger partial charge in [0.1, 0.15) is 5.82 Å². The molecule has 1 atom stereocenters. The molecular weight excluding hydrogens is 269 g/mol. The molecule has 2 aromatic carbocycles. The van der Waals surface area contributed by atoms with Crippen molar-refractivity contribution in [1.29, 1.82) is 0 Å². The fraction of sp³-hybridized carbons (Fsp3) is 0.294. The van der Waals surface area contributed by atoms with E-state index in [4.69, 9.17) is 0 Å². The summed E-state index contributed by atoms with van der Waals surface area (Å²) in [5.41, 5.74) is 3.44. The minimum atomic E-state index is -0.174. The molecule has 0 saturated carbocycles. The first-order valence-electron chi connectivity index (χ1n) is 6.73. The van der Waals surface area contributed by atoms with E-state index in [1.807, 2.05) is 26.1 Å². The summed E-state index contributed by atoms with van der Waals surface area (Å²) in [4.78, 5) is 1.28. The van der Waals surface area contributed by atoms with Crippen molar-refractivity contribution in [3.8, 4) is 0 Å². The highest BCUT2D eigenvalue weighted by molar-refractivity contribution is 7.99. The Morgan fingerprint density at radius 3 is 2.55 bits per heavy atom. The topological polar surface area (TPSA) is 12.0 Å². The van der Waals surface area contributed by atoms with E-state index in [2.05, 4.69) is 30.4 Å². The van der Waals surface area contributed by atoms with Crippen molar-refractivity contribution in [3.05, 3.63) is 65.0 Å². The van der Waals surface area contributed by atoms with Crippen LogP contribution in [-0.2, 0) is 0 Å². The molecule has 0 bridgehead atoms. The summed E-state index contributed by atoms with van der Waals surface area (Å²) in [6.07, 6.45) is 0. The Balaban J connectivity index is 2.13. The van der Waals surface area contributed by atoms with Gasteiger partial charge < -0.3 is 5.32 Å². The molecule has 0 heterocycles. The molecule has 0 aliphatic heterocycles. The average molecular weight is 289 g/mol. The summed E-state index contributed by atoms with van der Waals surface area (Å²) >= 11 is 1.80. The monoisotopic (exact) mass is 289 g/mol. The van der Waals surface area contributed by atoms with Crippen LogP contribution in [0.15, 0.2) is 47.4 Å². The van der Waals surface area contributed by atoms with Crippen LogP contribution < -0.4 is 5.32 Å². The molecule has 0 aliphatic carbocycles. The van der Waals surface area contributed by atoms with Crippen LogP contribution >= 0.6 is 11.8 Å². The van der Waals surface area contributed by atoms with E-state index in [1.54, 1.807) is 17.8 Å². The number of rotatable bonds is 5. The van der Waals surface area contributed by atoms with Gasteiger partial charge in [0, 0.05) is 16.7 Å². The standard InChI is InChI=1S/C17H20FNS/c1-12-8-9-14(18)10-15(12)16(19-3)11-20-17-7-5-4-6-13(17)2/h4-10,16,19H,11H2,1-3H3. The first-order chi connectivity index (χ1) is 9.61. The lowest BCUT2D eigenvalue weighted by Crippen LogP contribution is -2.20. The number of nitrogens with one attached hydrogen (secondary N) is 1. The number of hydrogen-bond acceptors (Lipinski definition) is 2. The summed E-state index contributed by atoms with van der Waals surface area (Å²) in [6.45, 7) is 4.14. The van der Waals surface area contributed by atoms with Gasteiger partial charge in [0.05, 0.1) is 0 Å². The molecule has 106 valence electrons. The molecule has 20 heavy (non-hydrogen) atoms. The number of halogens is 1. The molecule has 0 aliphatic rings. The lowest BCUT2D eigenvalue weighted by Gasteiger charge is -2.19. The van der Waals surface area contributed by atoms with E-state index < -0.39 is 0 Å². The van der Waals surface area contributed by atoms with Gasteiger partial charge in [-0.05, 0) is 55.8 Å². The molecule has 1 unspecified atom stereocenters. The third-order valence-corrected chi connectivity index (χ3v) is 4.73. The van der Waals surface area contributed by atoms with Crippen molar-refractivity contribution in [3.63, 3.8) is 0 Å². The summed E-state index contributed by atoms with van der Waals surface area (Å²) in [7, 11) is 1.92. The number of aryl methyl sites for hydroxylation is 2. The van der Waals surface area contributed by atoms with Gasteiger partial charge in [-0.1, -0.05) is 24.3 Å². The third kappa shape index (κ3) is 3.62. The van der Waals surface area contributed by atoms with Gasteiger partial charge in [-0.15, -0.1) is 11.8 Å². The van der Waals surface area contributed by atoms with Gasteiger partial charge in [-0.2, -0.15) is 0 Å². The largest absolute Gasteiger partial charge is 0.312 e. The second-order valence-corrected chi connectivity index (χ2v) is 5.98. The maximum absolute atomic E-state index is 13.4. The van der Waals surface area contributed by atoms with Crippen molar-refractivity contribution >= 4 is 11.8 Å². The van der Waals surface area contributed by atoms with Crippen LogP contribution in [0.2, 0.25) is 0 Å². The highest BCUT2D eigenvalue weighted by Gasteiger charge is 2.13. The molecule has 1 nitrogen and oxygen atoms in total. The van der Waals surface area contributed by atoms with Crippen molar-refractivity contribution in [2.24, 2.45) is 0 Å². The Kier molecular flexibility index (Phi) is 5.21. The number of hydrogen-bond donors (Lipinski definition) is 1. The zero-order valence-corrected chi connectivity index (χ0v) is 12.9. The van der Waals surface area contributed by atoms with Crippen molar-refractivity contribution in [2.45, 2.75) is 24.8 Å². The predicted octanol–water partition coefficient (Wildman–Crippen LogP) is 4.50. The second-order valence-electron chi connectivity index (χ2n) is 4.92. The highest BCUT2D eigenvalue weighted by atomic mass is 32.2. The molecule has 0 aromatic heterocycles. The third-order valence-electron chi connectivity index (χ3n) is 3.46. The number of benzene rings is 2. The van der Waals surface area contributed by atoms with Crippen LogP contribution in [0.4, 0.5) is 4.39 Å². The Labute approximate surface area is 124 Å². The fourth-order valence-electron chi connectivity index (χ4n) is 2.21. The van der Waals surface area contributed by atoms with E-state index in [-0.39, 0.29) is 11.9 Å². The van der Waals surface area contributed by atoms with Crippen LogP contribution in [0.3, 0.4) is 0 Å². The molecule has 0 spiro atoms. The molecular formula is C17H20FNS. The van der Waals surface area contributed by atoms with Gasteiger partial charge in [0.15, 0.2) is 0 Å². The minimum Gasteiger partial charge on any atom is -0.312 e. The zero-order valence-electron chi connectivity index (χ0n) is 12.1. The van der Waals surface area contributed by atoms with E-state index in [0.717, 1.165) is 16.9 Å². The SMILES string of the molecule is CNC(CSc1ccccc1C)c1cc(F)ccc1C. The molecule has 0 amide bonds. The Morgan fingerprint density at radius 1 is 1.10 bits per heavy atom. The molecule has 1 N–H and O–H groups in total.